The van der Waals surface area contributed by atoms with Gasteiger partial charge in [-0.1, -0.05) is 31.0 Å². The molecule has 0 bridgehead atoms. The number of carbonyl (C=O) groups is 2. The molecular formula is C24H26N2O4S. The minimum absolute atomic E-state index is 0.142. The van der Waals surface area contributed by atoms with E-state index in [1.54, 1.807) is 35.5 Å². The molecule has 0 saturated heterocycles. The van der Waals surface area contributed by atoms with Crippen molar-refractivity contribution in [2.75, 3.05) is 7.11 Å². The zero-order valence-corrected chi connectivity index (χ0v) is 18.3. The number of methoxy groups -OCH3 is 1. The van der Waals surface area contributed by atoms with Gasteiger partial charge in [-0.2, -0.15) is 0 Å². The SMILES string of the molecule is COc1cccc([C@@H](C(=O)NC2CCCC2)N(Cc2cccs2)C(=O)c2ccco2)c1. The first kappa shape index (κ1) is 21.2. The van der Waals surface area contributed by atoms with E-state index in [1.165, 1.54) is 6.26 Å². The van der Waals surface area contributed by atoms with Crippen molar-refractivity contribution in [2.24, 2.45) is 0 Å². The second-order valence-electron chi connectivity index (χ2n) is 7.66. The number of rotatable bonds is 8. The summed E-state index contributed by atoms with van der Waals surface area (Å²) in [6, 6.07) is 13.9. The van der Waals surface area contributed by atoms with Crippen LogP contribution in [0, 0.1) is 0 Å². The van der Waals surface area contributed by atoms with Crippen molar-refractivity contribution in [3.63, 3.8) is 0 Å². The maximum Gasteiger partial charge on any atom is 0.290 e. The van der Waals surface area contributed by atoms with Gasteiger partial charge < -0.3 is 19.4 Å². The second-order valence-corrected chi connectivity index (χ2v) is 8.69. The highest BCUT2D eigenvalue weighted by Gasteiger charge is 2.35. The molecule has 0 spiro atoms. The summed E-state index contributed by atoms with van der Waals surface area (Å²) in [6.07, 6.45) is 5.62. The van der Waals surface area contributed by atoms with Crippen molar-refractivity contribution in [2.45, 2.75) is 44.3 Å². The van der Waals surface area contributed by atoms with Crippen molar-refractivity contribution in [3.05, 3.63) is 76.4 Å². The predicted molar refractivity (Wildman–Crippen MR) is 119 cm³/mol. The number of benzene rings is 1. The third-order valence-electron chi connectivity index (χ3n) is 5.57. The molecule has 1 fully saturated rings. The van der Waals surface area contributed by atoms with Gasteiger partial charge in [0, 0.05) is 10.9 Å². The molecule has 31 heavy (non-hydrogen) atoms. The zero-order chi connectivity index (χ0) is 21.6. The minimum Gasteiger partial charge on any atom is -0.497 e. The van der Waals surface area contributed by atoms with Crippen molar-refractivity contribution < 1.29 is 18.7 Å². The highest BCUT2D eigenvalue weighted by Crippen LogP contribution is 2.30. The average molecular weight is 439 g/mol. The van der Waals surface area contributed by atoms with Gasteiger partial charge >= 0.3 is 0 Å². The fourth-order valence-corrected chi connectivity index (χ4v) is 4.73. The molecule has 2 heterocycles. The van der Waals surface area contributed by atoms with Crippen LogP contribution >= 0.6 is 11.3 Å². The van der Waals surface area contributed by atoms with E-state index < -0.39 is 6.04 Å². The number of hydrogen-bond donors (Lipinski definition) is 1. The average Bonchev–Trinajstić information content (AvgIpc) is 3.56. The van der Waals surface area contributed by atoms with Crippen LogP contribution in [-0.2, 0) is 11.3 Å². The normalized spacial score (nSPS) is 14.9. The number of thiophene rings is 1. The molecule has 0 unspecified atom stereocenters. The molecular weight excluding hydrogens is 412 g/mol. The minimum atomic E-state index is -0.810. The van der Waals surface area contributed by atoms with Crippen molar-refractivity contribution in [1.82, 2.24) is 10.2 Å². The molecule has 3 aromatic rings. The molecule has 0 aliphatic heterocycles. The lowest BCUT2D eigenvalue weighted by Gasteiger charge is -2.31. The van der Waals surface area contributed by atoms with Crippen molar-refractivity contribution >= 4 is 23.2 Å². The van der Waals surface area contributed by atoms with Crippen molar-refractivity contribution in [1.29, 1.82) is 0 Å². The molecule has 1 aliphatic carbocycles. The van der Waals surface area contributed by atoms with Crippen LogP contribution in [0.3, 0.4) is 0 Å². The topological polar surface area (TPSA) is 71.8 Å². The Morgan fingerprint density at radius 3 is 2.71 bits per heavy atom. The summed E-state index contributed by atoms with van der Waals surface area (Å²) in [4.78, 5) is 29.6. The summed E-state index contributed by atoms with van der Waals surface area (Å²) in [5.41, 5.74) is 0.700. The highest BCUT2D eigenvalue weighted by atomic mass is 32.1. The van der Waals surface area contributed by atoms with Gasteiger partial charge in [0.15, 0.2) is 5.76 Å². The quantitative estimate of drug-likeness (QED) is 0.549. The molecule has 162 valence electrons. The number of amides is 2. The second kappa shape index (κ2) is 9.83. The highest BCUT2D eigenvalue weighted by molar-refractivity contribution is 7.09. The van der Waals surface area contributed by atoms with Gasteiger partial charge in [0.1, 0.15) is 11.8 Å². The Labute approximate surface area is 185 Å². The number of hydrogen-bond acceptors (Lipinski definition) is 5. The van der Waals surface area contributed by atoms with E-state index in [9.17, 15) is 9.59 Å². The molecule has 1 saturated carbocycles. The smallest absolute Gasteiger partial charge is 0.290 e. The largest absolute Gasteiger partial charge is 0.497 e. The fourth-order valence-electron chi connectivity index (χ4n) is 4.03. The number of carbonyl (C=O) groups excluding carboxylic acids is 2. The molecule has 1 aromatic carbocycles. The van der Waals surface area contributed by atoms with Crippen LogP contribution in [0.1, 0.15) is 52.7 Å². The molecule has 2 amide bonds. The number of nitrogens with one attached hydrogen (secondary N) is 1. The van der Waals surface area contributed by atoms with Gasteiger partial charge in [0.25, 0.3) is 5.91 Å². The standard InChI is InChI=1S/C24H26N2O4S/c1-29-19-10-4-7-17(15-19)22(23(27)25-18-8-2-3-9-18)26(16-20-11-6-14-31-20)24(28)21-12-5-13-30-21/h4-7,10-15,18,22H,2-3,8-9,16H2,1H3,(H,25,27)/t22-/m0/s1. The Balaban J connectivity index is 1.73. The van der Waals surface area contributed by atoms with E-state index in [0.717, 1.165) is 30.6 Å². The lowest BCUT2D eigenvalue weighted by molar-refractivity contribution is -0.126. The number of nitrogens with zero attached hydrogens (tertiary/aromatic N) is 1. The molecule has 6 nitrogen and oxygen atoms in total. The van der Waals surface area contributed by atoms with Crippen molar-refractivity contribution in [3.8, 4) is 5.75 Å². The maximum atomic E-state index is 13.6. The van der Waals surface area contributed by atoms with E-state index in [4.69, 9.17) is 9.15 Å². The van der Waals surface area contributed by atoms with Gasteiger partial charge in [-0.05, 0) is 54.1 Å². The lowest BCUT2D eigenvalue weighted by Crippen LogP contribution is -2.45. The first-order chi connectivity index (χ1) is 15.2. The number of ether oxygens (including phenoxy) is 1. The van der Waals surface area contributed by atoms with E-state index in [0.29, 0.717) is 17.9 Å². The van der Waals surface area contributed by atoms with Crippen LogP contribution < -0.4 is 10.1 Å². The lowest BCUT2D eigenvalue weighted by atomic mass is 10.0. The van der Waals surface area contributed by atoms with Crippen LogP contribution in [-0.4, -0.2) is 29.9 Å². The van der Waals surface area contributed by atoms with Gasteiger partial charge in [0.2, 0.25) is 5.91 Å². The Hall–Kier alpha value is -3.06. The van der Waals surface area contributed by atoms with Crippen LogP contribution in [0.15, 0.2) is 64.6 Å². The summed E-state index contributed by atoms with van der Waals surface area (Å²) < 4.78 is 10.8. The Bertz CT molecular complexity index is 995. The van der Waals surface area contributed by atoms with Gasteiger partial charge in [-0.15, -0.1) is 11.3 Å². The Kier molecular flexibility index (Phi) is 6.72. The molecule has 1 aliphatic rings. The first-order valence-corrected chi connectivity index (χ1v) is 11.3. The monoisotopic (exact) mass is 438 g/mol. The molecule has 4 rings (SSSR count). The Morgan fingerprint density at radius 1 is 1.19 bits per heavy atom. The summed E-state index contributed by atoms with van der Waals surface area (Å²) in [7, 11) is 1.59. The van der Waals surface area contributed by atoms with E-state index in [1.807, 2.05) is 41.8 Å². The van der Waals surface area contributed by atoms with Crippen LogP contribution in [0.2, 0.25) is 0 Å². The summed E-state index contributed by atoms with van der Waals surface area (Å²) >= 11 is 1.55. The summed E-state index contributed by atoms with van der Waals surface area (Å²) in [5.74, 6) is 0.334. The molecule has 0 radical (unpaired) electrons. The maximum absolute atomic E-state index is 13.6. The third kappa shape index (κ3) is 4.99. The number of furan rings is 1. The van der Waals surface area contributed by atoms with Crippen LogP contribution in [0.25, 0.3) is 0 Å². The van der Waals surface area contributed by atoms with Gasteiger partial charge in [0.05, 0.1) is 19.9 Å². The first-order valence-electron chi connectivity index (χ1n) is 10.5. The van der Waals surface area contributed by atoms with E-state index in [-0.39, 0.29) is 23.6 Å². The van der Waals surface area contributed by atoms with E-state index >= 15 is 0 Å². The third-order valence-corrected chi connectivity index (χ3v) is 6.43. The molecule has 1 atom stereocenters. The Morgan fingerprint density at radius 2 is 2.03 bits per heavy atom. The van der Waals surface area contributed by atoms with Gasteiger partial charge in [-0.3, -0.25) is 9.59 Å². The van der Waals surface area contributed by atoms with Crippen LogP contribution in [0.4, 0.5) is 0 Å². The fraction of sp³-hybridized carbons (Fsp3) is 0.333. The van der Waals surface area contributed by atoms with E-state index in [2.05, 4.69) is 5.32 Å². The predicted octanol–water partition coefficient (Wildman–Crippen LogP) is 4.79. The van der Waals surface area contributed by atoms with Crippen LogP contribution in [0.5, 0.6) is 5.75 Å². The zero-order valence-electron chi connectivity index (χ0n) is 17.5. The summed E-state index contributed by atoms with van der Waals surface area (Å²) in [6.45, 7) is 0.303. The van der Waals surface area contributed by atoms with Gasteiger partial charge in [-0.25, -0.2) is 0 Å². The molecule has 2 aromatic heterocycles. The molecule has 7 heteroatoms. The summed E-state index contributed by atoms with van der Waals surface area (Å²) in [5, 5.41) is 5.14. The molecule has 1 N–H and O–H groups in total.